The molecule has 1 atom stereocenters. The Labute approximate surface area is 106 Å². The summed E-state index contributed by atoms with van der Waals surface area (Å²) in [6, 6.07) is 2.21. The van der Waals surface area contributed by atoms with Gasteiger partial charge in [-0.05, 0) is 19.1 Å². The highest BCUT2D eigenvalue weighted by atomic mass is 35.5. The molecule has 1 N–H and O–H groups in total. The summed E-state index contributed by atoms with van der Waals surface area (Å²) in [6.45, 7) is 0.609. The molecular formula is C10H9Cl2F3O2. The van der Waals surface area contributed by atoms with Crippen molar-refractivity contribution in [3.05, 3.63) is 27.7 Å². The molecule has 0 aromatic heterocycles. The van der Waals surface area contributed by atoms with Crippen LogP contribution in [0.15, 0.2) is 12.1 Å². The lowest BCUT2D eigenvalue weighted by Crippen LogP contribution is -2.39. The SMILES string of the molecule is COc1c(Cl)cc(Cl)cc1C(C)(O)C(F)(F)F. The van der Waals surface area contributed by atoms with Crippen LogP contribution in [0.25, 0.3) is 0 Å². The molecule has 0 spiro atoms. The summed E-state index contributed by atoms with van der Waals surface area (Å²) in [7, 11) is 1.16. The number of halogens is 5. The Kier molecular flexibility index (Phi) is 3.86. The number of hydrogen-bond donors (Lipinski definition) is 1. The molecule has 0 aliphatic heterocycles. The summed E-state index contributed by atoms with van der Waals surface area (Å²) in [4.78, 5) is 0. The van der Waals surface area contributed by atoms with E-state index in [9.17, 15) is 18.3 Å². The van der Waals surface area contributed by atoms with Crippen LogP contribution in [0.3, 0.4) is 0 Å². The van der Waals surface area contributed by atoms with Crippen LogP contribution >= 0.6 is 23.2 Å². The summed E-state index contributed by atoms with van der Waals surface area (Å²) in [5.74, 6) is -0.251. The van der Waals surface area contributed by atoms with Crippen molar-refractivity contribution < 1.29 is 23.0 Å². The molecular weight excluding hydrogens is 280 g/mol. The van der Waals surface area contributed by atoms with Gasteiger partial charge in [0.2, 0.25) is 0 Å². The second kappa shape index (κ2) is 4.55. The summed E-state index contributed by atoms with van der Waals surface area (Å²) in [5.41, 5.74) is -3.61. The monoisotopic (exact) mass is 288 g/mol. The van der Waals surface area contributed by atoms with E-state index in [-0.39, 0.29) is 15.8 Å². The van der Waals surface area contributed by atoms with E-state index in [1.54, 1.807) is 0 Å². The average molecular weight is 289 g/mol. The second-order valence-electron chi connectivity index (χ2n) is 3.54. The third-order valence-corrected chi connectivity index (χ3v) is 2.79. The molecule has 1 rings (SSSR count). The summed E-state index contributed by atoms with van der Waals surface area (Å²) < 4.78 is 42.9. The van der Waals surface area contributed by atoms with Crippen LogP contribution < -0.4 is 4.74 Å². The van der Waals surface area contributed by atoms with Gasteiger partial charge in [-0.1, -0.05) is 23.2 Å². The average Bonchev–Trinajstić information content (AvgIpc) is 2.14. The smallest absolute Gasteiger partial charge is 0.421 e. The number of aliphatic hydroxyl groups is 1. The molecule has 1 aromatic carbocycles. The molecule has 1 unspecified atom stereocenters. The maximum Gasteiger partial charge on any atom is 0.421 e. The third-order valence-electron chi connectivity index (χ3n) is 2.29. The predicted octanol–water partition coefficient (Wildman–Crippen LogP) is 3.77. The molecule has 17 heavy (non-hydrogen) atoms. The van der Waals surface area contributed by atoms with E-state index in [4.69, 9.17) is 27.9 Å². The highest BCUT2D eigenvalue weighted by molar-refractivity contribution is 6.35. The standard InChI is InChI=1S/C10H9Cl2F3O2/c1-9(16,10(13,14)15)6-3-5(11)4-7(12)8(6)17-2/h3-4,16H,1-2H3. The Balaban J connectivity index is 3.50. The lowest BCUT2D eigenvalue weighted by Gasteiger charge is -2.28. The molecule has 0 saturated heterocycles. The van der Waals surface area contributed by atoms with Gasteiger partial charge in [-0.15, -0.1) is 0 Å². The van der Waals surface area contributed by atoms with E-state index in [0.29, 0.717) is 6.92 Å². The molecule has 0 heterocycles. The zero-order valence-corrected chi connectivity index (χ0v) is 10.4. The van der Waals surface area contributed by atoms with Gasteiger partial charge in [-0.2, -0.15) is 13.2 Å². The van der Waals surface area contributed by atoms with Crippen molar-refractivity contribution in [1.29, 1.82) is 0 Å². The fraction of sp³-hybridized carbons (Fsp3) is 0.400. The van der Waals surface area contributed by atoms with Gasteiger partial charge in [-0.3, -0.25) is 0 Å². The molecule has 0 fully saturated rings. The van der Waals surface area contributed by atoms with Crippen molar-refractivity contribution in [3.8, 4) is 5.75 Å². The molecule has 0 amide bonds. The highest BCUT2D eigenvalue weighted by Gasteiger charge is 2.53. The first-order valence-electron chi connectivity index (χ1n) is 4.44. The van der Waals surface area contributed by atoms with Crippen molar-refractivity contribution in [1.82, 2.24) is 0 Å². The number of methoxy groups -OCH3 is 1. The van der Waals surface area contributed by atoms with Crippen molar-refractivity contribution >= 4 is 23.2 Å². The topological polar surface area (TPSA) is 29.5 Å². The van der Waals surface area contributed by atoms with Crippen LogP contribution in [0, 0.1) is 0 Å². The fourth-order valence-electron chi connectivity index (χ4n) is 1.28. The van der Waals surface area contributed by atoms with Crippen molar-refractivity contribution in [2.75, 3.05) is 7.11 Å². The fourth-order valence-corrected chi connectivity index (χ4v) is 1.85. The Morgan fingerprint density at radius 2 is 1.76 bits per heavy atom. The molecule has 0 aliphatic rings. The molecule has 0 bridgehead atoms. The lowest BCUT2D eigenvalue weighted by atomic mass is 9.94. The lowest BCUT2D eigenvalue weighted by molar-refractivity contribution is -0.259. The number of alkyl halides is 3. The van der Waals surface area contributed by atoms with Gasteiger partial charge in [-0.25, -0.2) is 0 Å². The second-order valence-corrected chi connectivity index (χ2v) is 4.38. The predicted molar refractivity (Wildman–Crippen MR) is 58.6 cm³/mol. The van der Waals surface area contributed by atoms with Gasteiger partial charge in [0.15, 0.2) is 5.60 Å². The largest absolute Gasteiger partial charge is 0.495 e. The van der Waals surface area contributed by atoms with Gasteiger partial charge in [0.1, 0.15) is 5.75 Å². The first kappa shape index (κ1) is 14.4. The van der Waals surface area contributed by atoms with Gasteiger partial charge in [0, 0.05) is 10.6 Å². The maximum atomic E-state index is 12.7. The quantitative estimate of drug-likeness (QED) is 0.898. The Bertz CT molecular complexity index is 430. The Morgan fingerprint density at radius 1 is 1.24 bits per heavy atom. The normalized spacial score (nSPS) is 15.5. The highest BCUT2D eigenvalue weighted by Crippen LogP contribution is 2.45. The summed E-state index contributed by atoms with van der Waals surface area (Å²) >= 11 is 11.3. The van der Waals surface area contributed by atoms with Crippen molar-refractivity contribution in [2.24, 2.45) is 0 Å². The minimum atomic E-state index is -4.87. The number of benzene rings is 1. The molecule has 0 saturated carbocycles. The molecule has 0 aliphatic carbocycles. The van der Waals surface area contributed by atoms with Crippen molar-refractivity contribution in [2.45, 2.75) is 18.7 Å². The van der Waals surface area contributed by atoms with Crippen LogP contribution in [0.2, 0.25) is 10.0 Å². The molecule has 96 valence electrons. The molecule has 0 radical (unpaired) electrons. The first-order valence-corrected chi connectivity index (χ1v) is 5.19. The van der Waals surface area contributed by atoms with Gasteiger partial charge in [0.25, 0.3) is 0 Å². The molecule has 1 aromatic rings. The van der Waals surface area contributed by atoms with E-state index >= 15 is 0 Å². The van der Waals surface area contributed by atoms with E-state index in [0.717, 1.165) is 13.2 Å². The molecule has 2 nitrogen and oxygen atoms in total. The summed E-state index contributed by atoms with van der Waals surface area (Å²) in [6.07, 6.45) is -4.87. The van der Waals surface area contributed by atoms with Crippen LogP contribution in [0.5, 0.6) is 5.75 Å². The molecule has 7 heteroatoms. The number of hydrogen-bond acceptors (Lipinski definition) is 2. The Hall–Kier alpha value is -0.650. The van der Waals surface area contributed by atoms with E-state index in [1.165, 1.54) is 6.07 Å². The number of ether oxygens (including phenoxy) is 1. The van der Waals surface area contributed by atoms with Gasteiger partial charge < -0.3 is 9.84 Å². The zero-order chi connectivity index (χ0) is 13.4. The van der Waals surface area contributed by atoms with Gasteiger partial charge in [0.05, 0.1) is 12.1 Å². The van der Waals surface area contributed by atoms with Crippen LogP contribution in [-0.4, -0.2) is 18.4 Å². The van der Waals surface area contributed by atoms with Crippen LogP contribution in [0.4, 0.5) is 13.2 Å². The van der Waals surface area contributed by atoms with E-state index in [1.807, 2.05) is 0 Å². The van der Waals surface area contributed by atoms with E-state index in [2.05, 4.69) is 0 Å². The maximum absolute atomic E-state index is 12.7. The minimum absolute atomic E-state index is 0.0182. The number of rotatable bonds is 2. The third kappa shape index (κ3) is 2.61. The summed E-state index contributed by atoms with van der Waals surface area (Å²) in [5, 5.41) is 9.44. The first-order chi connectivity index (χ1) is 7.61. The van der Waals surface area contributed by atoms with Crippen LogP contribution in [-0.2, 0) is 5.60 Å². The Morgan fingerprint density at radius 3 is 2.18 bits per heavy atom. The van der Waals surface area contributed by atoms with E-state index < -0.39 is 17.3 Å². The zero-order valence-electron chi connectivity index (χ0n) is 8.90. The van der Waals surface area contributed by atoms with Gasteiger partial charge >= 0.3 is 6.18 Å². The van der Waals surface area contributed by atoms with Crippen molar-refractivity contribution in [3.63, 3.8) is 0 Å². The minimum Gasteiger partial charge on any atom is -0.495 e. The van der Waals surface area contributed by atoms with Crippen LogP contribution in [0.1, 0.15) is 12.5 Å².